The number of carbonyl (C=O) groups is 1. The van der Waals surface area contributed by atoms with Gasteiger partial charge in [-0.15, -0.1) is 0 Å². The zero-order chi connectivity index (χ0) is 19.1. The molecule has 0 fully saturated rings. The molecule has 0 aliphatic rings. The Labute approximate surface area is 152 Å². The van der Waals surface area contributed by atoms with Gasteiger partial charge in [0.1, 0.15) is 17.2 Å². The van der Waals surface area contributed by atoms with Crippen LogP contribution in [0, 0.1) is 0 Å². The molecule has 2 aromatic rings. The summed E-state index contributed by atoms with van der Waals surface area (Å²) in [4.78, 5) is 12.5. The van der Waals surface area contributed by atoms with Crippen LogP contribution >= 0.6 is 0 Å². The molecule has 0 saturated carbocycles. The third kappa shape index (κ3) is 4.11. The summed E-state index contributed by atoms with van der Waals surface area (Å²) in [6, 6.07) is 8.50. The number of amides is 1. The highest BCUT2D eigenvalue weighted by atomic mass is 16.5. The number of ether oxygens (including phenoxy) is 5. The van der Waals surface area contributed by atoms with E-state index in [1.54, 1.807) is 58.8 Å². The van der Waals surface area contributed by atoms with Crippen LogP contribution in [0.25, 0.3) is 0 Å². The van der Waals surface area contributed by atoms with Crippen molar-refractivity contribution in [2.24, 2.45) is 0 Å². The van der Waals surface area contributed by atoms with Gasteiger partial charge in [-0.05, 0) is 18.2 Å². The molecule has 1 N–H and O–H groups in total. The van der Waals surface area contributed by atoms with Crippen LogP contribution in [0.1, 0.15) is 15.9 Å². The number of methoxy groups -OCH3 is 5. The zero-order valence-electron chi connectivity index (χ0n) is 15.5. The molecule has 0 heterocycles. The molecular formula is C19H23NO6. The molecule has 0 bridgehead atoms. The number of benzene rings is 2. The van der Waals surface area contributed by atoms with Crippen molar-refractivity contribution in [3.05, 3.63) is 41.5 Å². The lowest BCUT2D eigenvalue weighted by Crippen LogP contribution is -2.23. The van der Waals surface area contributed by atoms with Gasteiger partial charge >= 0.3 is 0 Å². The number of hydrogen-bond acceptors (Lipinski definition) is 6. The molecule has 0 aliphatic carbocycles. The van der Waals surface area contributed by atoms with E-state index in [1.165, 1.54) is 7.11 Å². The van der Waals surface area contributed by atoms with E-state index in [0.29, 0.717) is 34.3 Å². The molecule has 7 nitrogen and oxygen atoms in total. The average Bonchev–Trinajstić information content (AvgIpc) is 2.70. The van der Waals surface area contributed by atoms with E-state index in [1.807, 2.05) is 0 Å². The maximum atomic E-state index is 12.5. The van der Waals surface area contributed by atoms with Crippen molar-refractivity contribution >= 4 is 5.91 Å². The fourth-order valence-electron chi connectivity index (χ4n) is 2.49. The second kappa shape index (κ2) is 8.84. The van der Waals surface area contributed by atoms with Crippen LogP contribution in [0.4, 0.5) is 0 Å². The molecule has 0 radical (unpaired) electrons. The molecule has 1 amide bonds. The minimum atomic E-state index is -0.277. The number of hydrogen-bond donors (Lipinski definition) is 1. The van der Waals surface area contributed by atoms with Crippen LogP contribution in [-0.4, -0.2) is 41.5 Å². The Morgan fingerprint density at radius 1 is 0.769 bits per heavy atom. The maximum absolute atomic E-state index is 12.5. The summed E-state index contributed by atoms with van der Waals surface area (Å²) in [6.07, 6.45) is 0. The minimum absolute atomic E-state index is 0.248. The summed E-state index contributed by atoms with van der Waals surface area (Å²) < 4.78 is 26.4. The largest absolute Gasteiger partial charge is 0.497 e. The first kappa shape index (κ1) is 19.2. The monoisotopic (exact) mass is 361 g/mol. The summed E-state index contributed by atoms with van der Waals surface area (Å²) in [5, 5.41) is 2.85. The lowest BCUT2D eigenvalue weighted by Gasteiger charge is -2.15. The van der Waals surface area contributed by atoms with Crippen molar-refractivity contribution in [2.45, 2.75) is 6.54 Å². The fraction of sp³-hybridized carbons (Fsp3) is 0.316. The van der Waals surface area contributed by atoms with E-state index in [2.05, 4.69) is 5.32 Å². The van der Waals surface area contributed by atoms with E-state index in [0.717, 1.165) is 5.56 Å². The second-order valence-corrected chi connectivity index (χ2v) is 5.27. The Bertz CT molecular complexity index is 775. The van der Waals surface area contributed by atoms with Gasteiger partial charge < -0.3 is 29.0 Å². The normalized spacial score (nSPS) is 10.0. The third-order valence-electron chi connectivity index (χ3n) is 3.88. The van der Waals surface area contributed by atoms with E-state index in [-0.39, 0.29) is 12.5 Å². The van der Waals surface area contributed by atoms with Crippen LogP contribution < -0.4 is 29.0 Å². The Morgan fingerprint density at radius 3 is 1.96 bits per heavy atom. The zero-order valence-corrected chi connectivity index (χ0v) is 15.5. The predicted octanol–water partition coefficient (Wildman–Crippen LogP) is 2.66. The highest BCUT2D eigenvalue weighted by Gasteiger charge is 2.16. The molecule has 26 heavy (non-hydrogen) atoms. The topological polar surface area (TPSA) is 75.3 Å². The van der Waals surface area contributed by atoms with Crippen molar-refractivity contribution in [3.63, 3.8) is 0 Å². The van der Waals surface area contributed by atoms with Gasteiger partial charge in [-0.25, -0.2) is 0 Å². The first-order valence-electron chi connectivity index (χ1n) is 7.87. The Kier molecular flexibility index (Phi) is 6.54. The van der Waals surface area contributed by atoms with Crippen LogP contribution in [0.2, 0.25) is 0 Å². The van der Waals surface area contributed by atoms with Crippen molar-refractivity contribution in [3.8, 4) is 28.7 Å². The van der Waals surface area contributed by atoms with E-state index >= 15 is 0 Å². The SMILES string of the molecule is COc1ccc(C(=O)NCc2cc(OC)c(OC)cc2OC)c(OC)c1. The molecule has 0 saturated heterocycles. The summed E-state index contributed by atoms with van der Waals surface area (Å²) in [5.74, 6) is 2.46. The van der Waals surface area contributed by atoms with E-state index in [9.17, 15) is 4.79 Å². The fourth-order valence-corrected chi connectivity index (χ4v) is 2.49. The van der Waals surface area contributed by atoms with Crippen LogP contribution in [0.3, 0.4) is 0 Å². The van der Waals surface area contributed by atoms with Gasteiger partial charge in [-0.1, -0.05) is 0 Å². The Balaban J connectivity index is 2.22. The summed E-state index contributed by atoms with van der Waals surface area (Å²) in [7, 11) is 7.71. The molecule has 2 rings (SSSR count). The Morgan fingerprint density at radius 2 is 1.38 bits per heavy atom. The lowest BCUT2D eigenvalue weighted by molar-refractivity contribution is 0.0947. The molecular weight excluding hydrogens is 338 g/mol. The van der Waals surface area contributed by atoms with Crippen LogP contribution in [-0.2, 0) is 6.54 Å². The van der Waals surface area contributed by atoms with Gasteiger partial charge in [0.15, 0.2) is 11.5 Å². The van der Waals surface area contributed by atoms with Gasteiger partial charge in [0.05, 0.1) is 41.1 Å². The van der Waals surface area contributed by atoms with Crippen molar-refractivity contribution in [1.82, 2.24) is 5.32 Å². The summed E-state index contributed by atoms with van der Waals surface area (Å²) in [6.45, 7) is 0.248. The van der Waals surface area contributed by atoms with Gasteiger partial charge in [0.25, 0.3) is 5.91 Å². The molecule has 0 unspecified atom stereocenters. The summed E-state index contributed by atoms with van der Waals surface area (Å²) >= 11 is 0. The third-order valence-corrected chi connectivity index (χ3v) is 3.88. The molecule has 2 aromatic carbocycles. The molecule has 0 spiro atoms. The maximum Gasteiger partial charge on any atom is 0.255 e. The van der Waals surface area contributed by atoms with Gasteiger partial charge in [0, 0.05) is 24.2 Å². The van der Waals surface area contributed by atoms with Crippen molar-refractivity contribution in [1.29, 1.82) is 0 Å². The van der Waals surface area contributed by atoms with Crippen molar-refractivity contribution in [2.75, 3.05) is 35.5 Å². The Hall–Kier alpha value is -3.09. The first-order valence-corrected chi connectivity index (χ1v) is 7.87. The molecule has 140 valence electrons. The first-order chi connectivity index (χ1) is 12.6. The average molecular weight is 361 g/mol. The standard InChI is InChI=1S/C19H23NO6/c1-22-13-6-7-14(16(9-13)24-3)19(21)20-11-12-8-17(25-4)18(26-5)10-15(12)23-2/h6-10H,11H2,1-5H3,(H,20,21). The highest BCUT2D eigenvalue weighted by molar-refractivity contribution is 5.97. The molecule has 0 aliphatic heterocycles. The smallest absolute Gasteiger partial charge is 0.255 e. The number of nitrogens with one attached hydrogen (secondary N) is 1. The van der Waals surface area contributed by atoms with E-state index < -0.39 is 0 Å². The van der Waals surface area contributed by atoms with E-state index in [4.69, 9.17) is 23.7 Å². The lowest BCUT2D eigenvalue weighted by atomic mass is 10.1. The van der Waals surface area contributed by atoms with Crippen LogP contribution in [0.15, 0.2) is 30.3 Å². The second-order valence-electron chi connectivity index (χ2n) is 5.27. The quantitative estimate of drug-likeness (QED) is 0.779. The van der Waals surface area contributed by atoms with Crippen molar-refractivity contribution < 1.29 is 28.5 Å². The van der Waals surface area contributed by atoms with Gasteiger partial charge in [-0.3, -0.25) is 4.79 Å². The molecule has 7 heteroatoms. The van der Waals surface area contributed by atoms with Crippen LogP contribution in [0.5, 0.6) is 28.7 Å². The van der Waals surface area contributed by atoms with Gasteiger partial charge in [0.2, 0.25) is 0 Å². The summed E-state index contributed by atoms with van der Waals surface area (Å²) in [5.41, 5.74) is 1.17. The minimum Gasteiger partial charge on any atom is -0.497 e. The highest BCUT2D eigenvalue weighted by Crippen LogP contribution is 2.34. The number of carbonyl (C=O) groups excluding carboxylic acids is 1. The van der Waals surface area contributed by atoms with Gasteiger partial charge in [-0.2, -0.15) is 0 Å². The predicted molar refractivity (Wildman–Crippen MR) is 96.8 cm³/mol. The number of rotatable bonds is 8. The molecule has 0 aromatic heterocycles. The molecule has 0 atom stereocenters.